The monoisotopic (exact) mass is 313 g/mol. The third kappa shape index (κ3) is 4.12. The number of carbonyl (C=O) groups is 1. The van der Waals surface area contributed by atoms with Gasteiger partial charge in [-0.3, -0.25) is 0 Å². The molecule has 2 amide bonds. The Hall–Kier alpha value is -1.26. The van der Waals surface area contributed by atoms with Crippen molar-refractivity contribution in [2.75, 3.05) is 20.1 Å². The average molecular weight is 314 g/mol. The number of amidine groups is 1. The number of nitrogens with one attached hydrogen (secondary N) is 1. The van der Waals surface area contributed by atoms with Gasteiger partial charge in [-0.25, -0.2) is 4.79 Å². The first-order valence-electron chi connectivity index (χ1n) is 6.57. The summed E-state index contributed by atoms with van der Waals surface area (Å²) in [6.07, 6.45) is 2.63. The van der Waals surface area contributed by atoms with E-state index in [2.05, 4.69) is 10.3 Å². The van der Waals surface area contributed by atoms with Crippen molar-refractivity contribution in [2.45, 2.75) is 19.3 Å². The van der Waals surface area contributed by atoms with Crippen LogP contribution in [0.25, 0.3) is 0 Å². The Labute approximate surface area is 128 Å². The number of amides is 2. The lowest BCUT2D eigenvalue weighted by atomic mass is 10.1. The molecule has 0 aromatic heterocycles. The Bertz CT molecular complexity index is 531. The van der Waals surface area contributed by atoms with Crippen LogP contribution < -0.4 is 5.32 Å². The van der Waals surface area contributed by atoms with E-state index in [9.17, 15) is 4.79 Å². The molecule has 1 aliphatic rings. The Kier molecular flexibility index (Phi) is 5.26. The van der Waals surface area contributed by atoms with Crippen LogP contribution in [0.2, 0.25) is 10.0 Å². The van der Waals surface area contributed by atoms with Crippen LogP contribution in [0.3, 0.4) is 0 Å². The normalized spacial score (nSPS) is 16.8. The van der Waals surface area contributed by atoms with Crippen molar-refractivity contribution in [3.8, 4) is 0 Å². The number of hydrogen-bond donors (Lipinski definition) is 1. The lowest BCUT2D eigenvalue weighted by Gasteiger charge is -2.10. The van der Waals surface area contributed by atoms with E-state index in [-0.39, 0.29) is 6.03 Å². The van der Waals surface area contributed by atoms with E-state index in [0.29, 0.717) is 23.0 Å². The van der Waals surface area contributed by atoms with Gasteiger partial charge in [0.15, 0.2) is 0 Å². The van der Waals surface area contributed by atoms with Gasteiger partial charge in [-0.15, -0.1) is 0 Å². The zero-order valence-corrected chi connectivity index (χ0v) is 12.8. The zero-order chi connectivity index (χ0) is 14.5. The van der Waals surface area contributed by atoms with Crippen molar-refractivity contribution in [3.05, 3.63) is 33.8 Å². The molecule has 0 saturated carbocycles. The first-order valence-corrected chi connectivity index (χ1v) is 7.32. The molecule has 1 N–H and O–H groups in total. The average Bonchev–Trinajstić information content (AvgIpc) is 2.79. The van der Waals surface area contributed by atoms with Gasteiger partial charge in [0.1, 0.15) is 5.84 Å². The van der Waals surface area contributed by atoms with Gasteiger partial charge in [-0.1, -0.05) is 29.3 Å². The van der Waals surface area contributed by atoms with Crippen LogP contribution in [0.15, 0.2) is 23.2 Å². The van der Waals surface area contributed by atoms with E-state index < -0.39 is 0 Å². The van der Waals surface area contributed by atoms with Crippen LogP contribution in [-0.4, -0.2) is 36.9 Å². The highest BCUT2D eigenvalue weighted by atomic mass is 35.5. The van der Waals surface area contributed by atoms with Crippen molar-refractivity contribution in [3.63, 3.8) is 0 Å². The second-order valence-corrected chi connectivity index (χ2v) is 5.60. The fourth-order valence-corrected chi connectivity index (χ4v) is 2.42. The van der Waals surface area contributed by atoms with Crippen LogP contribution in [0, 0.1) is 0 Å². The Morgan fingerprint density at radius 3 is 2.85 bits per heavy atom. The molecule has 4 nitrogen and oxygen atoms in total. The molecule has 0 atom stereocenters. The number of hydrogen-bond acceptors (Lipinski definition) is 1. The minimum Gasteiger partial charge on any atom is -0.363 e. The first-order chi connectivity index (χ1) is 9.56. The number of aliphatic imine (C=N–C) groups is 1. The summed E-state index contributed by atoms with van der Waals surface area (Å²) in [5, 5.41) is 3.85. The lowest BCUT2D eigenvalue weighted by Crippen LogP contribution is -2.26. The molecule has 1 aromatic rings. The van der Waals surface area contributed by atoms with Crippen molar-refractivity contribution >= 4 is 35.1 Å². The highest BCUT2D eigenvalue weighted by molar-refractivity contribution is 6.42. The summed E-state index contributed by atoms with van der Waals surface area (Å²) in [6, 6.07) is 5.19. The van der Waals surface area contributed by atoms with Crippen LogP contribution >= 0.6 is 23.2 Å². The fraction of sp³-hybridized carbons (Fsp3) is 0.429. The van der Waals surface area contributed by atoms with E-state index in [1.165, 1.54) is 0 Å². The maximum atomic E-state index is 11.7. The lowest BCUT2D eigenvalue weighted by molar-refractivity contribution is 0.249. The molecule has 1 heterocycles. The molecule has 1 aliphatic heterocycles. The van der Waals surface area contributed by atoms with Crippen LogP contribution in [0.4, 0.5) is 4.79 Å². The highest BCUT2D eigenvalue weighted by Gasteiger charge is 2.15. The van der Waals surface area contributed by atoms with Gasteiger partial charge in [-0.05, 0) is 30.5 Å². The van der Waals surface area contributed by atoms with E-state index >= 15 is 0 Å². The van der Waals surface area contributed by atoms with E-state index in [4.69, 9.17) is 23.2 Å². The molecule has 0 radical (unpaired) electrons. The number of carbonyl (C=O) groups excluding carboxylic acids is 1. The first kappa shape index (κ1) is 15.1. The summed E-state index contributed by atoms with van der Waals surface area (Å²) in [4.78, 5) is 17.8. The summed E-state index contributed by atoms with van der Waals surface area (Å²) in [6.45, 7) is 1.49. The van der Waals surface area contributed by atoms with Gasteiger partial charge in [0.25, 0.3) is 0 Å². The van der Waals surface area contributed by atoms with Crippen molar-refractivity contribution in [1.29, 1.82) is 0 Å². The van der Waals surface area contributed by atoms with E-state index in [1.54, 1.807) is 6.07 Å². The third-order valence-electron chi connectivity index (χ3n) is 3.24. The Morgan fingerprint density at radius 1 is 1.40 bits per heavy atom. The number of benzene rings is 1. The molecular formula is C14H17Cl2N3O. The fourth-order valence-electron chi connectivity index (χ4n) is 2.10. The number of likely N-dealkylation sites (tertiary alicyclic amines) is 1. The van der Waals surface area contributed by atoms with Gasteiger partial charge < -0.3 is 10.2 Å². The second-order valence-electron chi connectivity index (χ2n) is 4.78. The summed E-state index contributed by atoms with van der Waals surface area (Å²) in [7, 11) is 1.95. The molecular weight excluding hydrogens is 297 g/mol. The predicted octanol–water partition coefficient (Wildman–Crippen LogP) is 3.37. The van der Waals surface area contributed by atoms with Gasteiger partial charge in [-0.2, -0.15) is 4.99 Å². The molecule has 1 fully saturated rings. The summed E-state index contributed by atoms with van der Waals surface area (Å²) in [5.41, 5.74) is 1.03. The minimum atomic E-state index is -0.284. The number of rotatable bonds is 3. The Morgan fingerprint density at radius 2 is 2.20 bits per heavy atom. The van der Waals surface area contributed by atoms with Crippen LogP contribution in [0.1, 0.15) is 18.4 Å². The van der Waals surface area contributed by atoms with Gasteiger partial charge in [0.05, 0.1) is 10.0 Å². The predicted molar refractivity (Wildman–Crippen MR) is 82.9 cm³/mol. The number of nitrogens with zero attached hydrogens (tertiary/aromatic N) is 2. The molecule has 108 valence electrons. The number of halogens is 2. The largest absolute Gasteiger partial charge is 0.363 e. The van der Waals surface area contributed by atoms with Crippen molar-refractivity contribution in [2.24, 2.45) is 4.99 Å². The topological polar surface area (TPSA) is 44.7 Å². The van der Waals surface area contributed by atoms with Gasteiger partial charge in [0.2, 0.25) is 0 Å². The molecule has 1 aromatic carbocycles. The Balaban J connectivity index is 1.80. The zero-order valence-electron chi connectivity index (χ0n) is 11.3. The molecule has 1 saturated heterocycles. The summed E-state index contributed by atoms with van der Waals surface area (Å²) < 4.78 is 0. The van der Waals surface area contributed by atoms with Gasteiger partial charge >= 0.3 is 6.03 Å². The molecule has 0 bridgehead atoms. The molecule has 0 unspecified atom stereocenters. The van der Waals surface area contributed by atoms with Gasteiger partial charge in [0, 0.05) is 26.6 Å². The molecule has 0 aliphatic carbocycles. The van der Waals surface area contributed by atoms with Crippen molar-refractivity contribution in [1.82, 2.24) is 10.2 Å². The maximum Gasteiger partial charge on any atom is 0.342 e. The maximum absolute atomic E-state index is 11.7. The van der Waals surface area contributed by atoms with Crippen molar-refractivity contribution < 1.29 is 4.79 Å². The van der Waals surface area contributed by atoms with E-state index in [1.807, 2.05) is 24.1 Å². The molecule has 0 spiro atoms. The quantitative estimate of drug-likeness (QED) is 0.929. The minimum absolute atomic E-state index is 0.284. The standard InChI is InChI=1S/C14H17Cl2N3O/c1-19-8-2-3-13(19)18-14(20)17-7-6-10-4-5-11(15)12(16)9-10/h4-5,9H,2-3,6-8H2,1H3,(H,17,20)/b18-13-. The molecule has 2 rings (SSSR count). The van der Waals surface area contributed by atoms with E-state index in [0.717, 1.165) is 30.8 Å². The molecule has 20 heavy (non-hydrogen) atoms. The smallest absolute Gasteiger partial charge is 0.342 e. The summed E-state index contributed by atoms with van der Waals surface area (Å²) >= 11 is 11.8. The molecule has 6 heteroatoms. The highest BCUT2D eigenvalue weighted by Crippen LogP contribution is 2.22. The SMILES string of the molecule is CN1CCC/C1=N/C(=O)NCCc1ccc(Cl)c(Cl)c1. The van der Waals surface area contributed by atoms with Crippen LogP contribution in [0.5, 0.6) is 0 Å². The summed E-state index contributed by atoms with van der Waals surface area (Å²) in [5.74, 6) is 0.858. The van der Waals surface area contributed by atoms with Crippen LogP contribution in [-0.2, 0) is 6.42 Å². The third-order valence-corrected chi connectivity index (χ3v) is 3.98. The second kappa shape index (κ2) is 6.95. The number of urea groups is 1.